The SMILES string of the molecule is COc1ccc(CCNC(=O)CSCc2ccc(Br)cc2F)cc1. The smallest absolute Gasteiger partial charge is 0.230 e. The molecule has 0 atom stereocenters. The van der Waals surface area contributed by atoms with Crippen LogP contribution < -0.4 is 10.1 Å². The summed E-state index contributed by atoms with van der Waals surface area (Å²) < 4.78 is 19.5. The number of hydrogen-bond acceptors (Lipinski definition) is 3. The number of hydrogen-bond donors (Lipinski definition) is 1. The van der Waals surface area contributed by atoms with Gasteiger partial charge in [-0.15, -0.1) is 11.8 Å². The van der Waals surface area contributed by atoms with Crippen LogP contribution in [0.4, 0.5) is 4.39 Å². The highest BCUT2D eigenvalue weighted by Gasteiger charge is 2.06. The Morgan fingerprint density at radius 3 is 2.67 bits per heavy atom. The Balaban J connectivity index is 1.66. The maximum absolute atomic E-state index is 13.7. The number of halogens is 2. The van der Waals surface area contributed by atoms with Crippen LogP contribution in [0, 0.1) is 5.82 Å². The fraction of sp³-hybridized carbons (Fsp3) is 0.278. The first kappa shape index (κ1) is 18.8. The molecule has 0 spiro atoms. The molecule has 0 heterocycles. The molecule has 1 amide bonds. The van der Waals surface area contributed by atoms with Crippen LogP contribution in [0.3, 0.4) is 0 Å². The van der Waals surface area contributed by atoms with Crippen molar-refractivity contribution in [3.63, 3.8) is 0 Å². The molecule has 0 saturated heterocycles. The van der Waals surface area contributed by atoms with Crippen molar-refractivity contribution < 1.29 is 13.9 Å². The van der Waals surface area contributed by atoms with E-state index in [2.05, 4.69) is 21.2 Å². The third kappa shape index (κ3) is 6.17. The first-order valence-electron chi connectivity index (χ1n) is 7.50. The zero-order valence-electron chi connectivity index (χ0n) is 13.4. The lowest BCUT2D eigenvalue weighted by atomic mass is 10.1. The van der Waals surface area contributed by atoms with Gasteiger partial charge in [0.25, 0.3) is 0 Å². The Morgan fingerprint density at radius 1 is 1.25 bits per heavy atom. The molecule has 1 N–H and O–H groups in total. The summed E-state index contributed by atoms with van der Waals surface area (Å²) >= 11 is 4.63. The van der Waals surface area contributed by atoms with E-state index in [-0.39, 0.29) is 11.7 Å². The Labute approximate surface area is 154 Å². The van der Waals surface area contributed by atoms with Crippen molar-refractivity contribution in [2.75, 3.05) is 19.4 Å². The van der Waals surface area contributed by atoms with E-state index in [4.69, 9.17) is 4.74 Å². The highest BCUT2D eigenvalue weighted by atomic mass is 79.9. The second-order valence-corrected chi connectivity index (χ2v) is 7.08. The van der Waals surface area contributed by atoms with Gasteiger partial charge in [0, 0.05) is 16.8 Å². The van der Waals surface area contributed by atoms with E-state index >= 15 is 0 Å². The number of carbonyl (C=O) groups is 1. The maximum Gasteiger partial charge on any atom is 0.230 e. The summed E-state index contributed by atoms with van der Waals surface area (Å²) in [5.41, 5.74) is 1.75. The monoisotopic (exact) mass is 411 g/mol. The van der Waals surface area contributed by atoms with Gasteiger partial charge in [-0.2, -0.15) is 0 Å². The topological polar surface area (TPSA) is 38.3 Å². The van der Waals surface area contributed by atoms with Crippen molar-refractivity contribution in [3.05, 3.63) is 63.9 Å². The summed E-state index contributed by atoms with van der Waals surface area (Å²) in [6.07, 6.45) is 0.766. The quantitative estimate of drug-likeness (QED) is 0.707. The van der Waals surface area contributed by atoms with Gasteiger partial charge in [0.2, 0.25) is 5.91 Å². The van der Waals surface area contributed by atoms with Crippen LogP contribution in [0.1, 0.15) is 11.1 Å². The average Bonchev–Trinajstić information content (AvgIpc) is 2.57. The number of carbonyl (C=O) groups excluding carboxylic acids is 1. The van der Waals surface area contributed by atoms with Crippen molar-refractivity contribution in [3.8, 4) is 5.75 Å². The average molecular weight is 412 g/mol. The third-order valence-corrected chi connectivity index (χ3v) is 4.88. The van der Waals surface area contributed by atoms with Gasteiger partial charge >= 0.3 is 0 Å². The van der Waals surface area contributed by atoms with Gasteiger partial charge in [-0.3, -0.25) is 4.79 Å². The van der Waals surface area contributed by atoms with Crippen molar-refractivity contribution in [2.24, 2.45) is 0 Å². The van der Waals surface area contributed by atoms with Gasteiger partial charge in [0.05, 0.1) is 12.9 Å². The molecule has 0 aliphatic heterocycles. The molecule has 0 aromatic heterocycles. The Hall–Kier alpha value is -1.53. The summed E-state index contributed by atoms with van der Waals surface area (Å²) in [5, 5.41) is 2.88. The molecule has 2 aromatic carbocycles. The Kier molecular flexibility index (Phi) is 7.59. The van der Waals surface area contributed by atoms with Crippen molar-refractivity contribution in [1.82, 2.24) is 5.32 Å². The number of nitrogens with one attached hydrogen (secondary N) is 1. The van der Waals surface area contributed by atoms with Gasteiger partial charge in [-0.25, -0.2) is 4.39 Å². The molecule has 3 nitrogen and oxygen atoms in total. The maximum atomic E-state index is 13.7. The molecule has 24 heavy (non-hydrogen) atoms. The van der Waals surface area contributed by atoms with Gasteiger partial charge in [-0.05, 0) is 41.8 Å². The van der Waals surface area contributed by atoms with Crippen LogP contribution in [-0.4, -0.2) is 25.3 Å². The van der Waals surface area contributed by atoms with E-state index in [1.165, 1.54) is 17.8 Å². The van der Waals surface area contributed by atoms with Gasteiger partial charge in [-0.1, -0.05) is 34.1 Å². The molecule has 6 heteroatoms. The van der Waals surface area contributed by atoms with Crippen molar-refractivity contribution in [2.45, 2.75) is 12.2 Å². The highest BCUT2D eigenvalue weighted by Crippen LogP contribution is 2.19. The predicted molar refractivity (Wildman–Crippen MR) is 100.0 cm³/mol. The molecule has 0 aliphatic carbocycles. The molecule has 0 aliphatic rings. The first-order valence-corrected chi connectivity index (χ1v) is 9.44. The van der Waals surface area contributed by atoms with E-state index in [9.17, 15) is 9.18 Å². The fourth-order valence-electron chi connectivity index (χ4n) is 2.08. The van der Waals surface area contributed by atoms with E-state index in [0.717, 1.165) is 17.7 Å². The zero-order chi connectivity index (χ0) is 17.4. The van der Waals surface area contributed by atoms with Crippen LogP contribution >= 0.6 is 27.7 Å². The van der Waals surface area contributed by atoms with Gasteiger partial charge < -0.3 is 10.1 Å². The molecule has 0 bridgehead atoms. The highest BCUT2D eigenvalue weighted by molar-refractivity contribution is 9.10. The predicted octanol–water partition coefficient (Wildman–Crippen LogP) is 4.19. The molecular weight excluding hydrogens is 393 g/mol. The molecule has 128 valence electrons. The minimum Gasteiger partial charge on any atom is -0.497 e. The van der Waals surface area contributed by atoms with Gasteiger partial charge in [0.1, 0.15) is 11.6 Å². The van der Waals surface area contributed by atoms with Crippen molar-refractivity contribution >= 4 is 33.6 Å². The molecule has 0 radical (unpaired) electrons. The number of methoxy groups -OCH3 is 1. The molecule has 2 aromatic rings. The summed E-state index contributed by atoms with van der Waals surface area (Å²) in [6.45, 7) is 0.582. The van der Waals surface area contributed by atoms with E-state index in [0.29, 0.717) is 28.1 Å². The largest absolute Gasteiger partial charge is 0.497 e. The third-order valence-electron chi connectivity index (χ3n) is 3.40. The molecule has 0 unspecified atom stereocenters. The Bertz CT molecular complexity index is 679. The minimum absolute atomic E-state index is 0.0361. The lowest BCUT2D eigenvalue weighted by molar-refractivity contribution is -0.118. The number of benzene rings is 2. The van der Waals surface area contributed by atoms with Gasteiger partial charge in [0.15, 0.2) is 0 Å². The summed E-state index contributed by atoms with van der Waals surface area (Å²) in [7, 11) is 1.63. The van der Waals surface area contributed by atoms with E-state index in [1.54, 1.807) is 19.2 Å². The molecule has 0 fully saturated rings. The van der Waals surface area contributed by atoms with Crippen LogP contribution in [0.2, 0.25) is 0 Å². The fourth-order valence-corrected chi connectivity index (χ4v) is 3.26. The summed E-state index contributed by atoms with van der Waals surface area (Å²) in [4.78, 5) is 11.8. The standard InChI is InChI=1S/C18H19BrFNO2S/c1-23-16-6-2-13(3-7-16)8-9-21-18(22)12-24-11-14-4-5-15(19)10-17(14)20/h2-7,10H,8-9,11-12H2,1H3,(H,21,22). The second-order valence-electron chi connectivity index (χ2n) is 5.18. The van der Waals surface area contributed by atoms with Crippen LogP contribution in [-0.2, 0) is 17.0 Å². The minimum atomic E-state index is -0.253. The summed E-state index contributed by atoms with van der Waals surface area (Å²) in [5.74, 6) is 1.32. The molecular formula is C18H19BrFNO2S. The number of thioether (sulfide) groups is 1. The van der Waals surface area contributed by atoms with Crippen LogP contribution in [0.25, 0.3) is 0 Å². The normalized spacial score (nSPS) is 10.5. The van der Waals surface area contributed by atoms with Crippen LogP contribution in [0.15, 0.2) is 46.9 Å². The summed E-state index contributed by atoms with van der Waals surface area (Å²) in [6, 6.07) is 12.7. The molecule has 0 saturated carbocycles. The molecule has 2 rings (SSSR count). The second kappa shape index (κ2) is 9.69. The number of ether oxygens (including phenoxy) is 1. The zero-order valence-corrected chi connectivity index (χ0v) is 15.8. The van der Waals surface area contributed by atoms with Crippen molar-refractivity contribution in [1.29, 1.82) is 0 Å². The lowest BCUT2D eigenvalue weighted by Gasteiger charge is -2.07. The van der Waals surface area contributed by atoms with E-state index < -0.39 is 0 Å². The lowest BCUT2D eigenvalue weighted by Crippen LogP contribution is -2.27. The number of amides is 1. The van der Waals surface area contributed by atoms with Crippen LogP contribution in [0.5, 0.6) is 5.75 Å². The Morgan fingerprint density at radius 2 is 2.00 bits per heavy atom. The van der Waals surface area contributed by atoms with E-state index in [1.807, 2.05) is 24.3 Å². The number of rotatable bonds is 8. The first-order chi connectivity index (χ1) is 11.6.